The summed E-state index contributed by atoms with van der Waals surface area (Å²) < 4.78 is 18.5. The number of hydrogen-bond donors (Lipinski definition) is 0. The van der Waals surface area contributed by atoms with E-state index in [4.69, 9.17) is 14.0 Å². The first-order chi connectivity index (χ1) is 13.5. The van der Waals surface area contributed by atoms with Crippen LogP contribution in [0.2, 0.25) is 0 Å². The number of rotatable bonds is 5. The summed E-state index contributed by atoms with van der Waals surface area (Å²) in [6.07, 6.45) is 2.76. The van der Waals surface area contributed by atoms with Gasteiger partial charge < -0.3 is 18.9 Å². The minimum Gasteiger partial charge on any atom is -0.378 e. The molecular formula is C19H27N5O4. The zero-order valence-electron chi connectivity index (χ0n) is 16.7. The quantitative estimate of drug-likeness (QED) is 0.765. The second-order valence-corrected chi connectivity index (χ2v) is 7.73. The average Bonchev–Trinajstić information content (AvgIpc) is 3.23. The van der Waals surface area contributed by atoms with Gasteiger partial charge in [-0.25, -0.2) is 4.68 Å². The number of carbonyl (C=O) groups is 1. The Bertz CT molecular complexity index is 831. The van der Waals surface area contributed by atoms with Crippen molar-refractivity contribution in [1.82, 2.24) is 25.1 Å². The first kappa shape index (κ1) is 19.1. The van der Waals surface area contributed by atoms with Crippen molar-refractivity contribution in [1.29, 1.82) is 0 Å². The SMILES string of the molecule is COCc1nnn2c1COC1(CCN(C(=O)CCc3c(C)noc3C)CC1)C2. The van der Waals surface area contributed by atoms with Crippen LogP contribution in [0.25, 0.3) is 0 Å². The number of ether oxygens (including phenoxy) is 2. The third-order valence-electron chi connectivity index (χ3n) is 5.95. The van der Waals surface area contributed by atoms with E-state index in [1.54, 1.807) is 7.11 Å². The number of aryl methyl sites for hydroxylation is 2. The van der Waals surface area contributed by atoms with Crippen LogP contribution in [-0.4, -0.2) is 56.8 Å². The molecular weight excluding hydrogens is 362 g/mol. The fourth-order valence-electron chi connectivity index (χ4n) is 4.16. The Kier molecular flexibility index (Phi) is 5.20. The van der Waals surface area contributed by atoms with Gasteiger partial charge >= 0.3 is 0 Å². The average molecular weight is 389 g/mol. The molecule has 2 aromatic heterocycles. The van der Waals surface area contributed by atoms with Gasteiger partial charge in [-0.15, -0.1) is 5.10 Å². The van der Waals surface area contributed by atoms with Crippen LogP contribution < -0.4 is 0 Å². The number of methoxy groups -OCH3 is 1. The van der Waals surface area contributed by atoms with Crippen molar-refractivity contribution < 1.29 is 18.8 Å². The van der Waals surface area contributed by atoms with E-state index >= 15 is 0 Å². The molecule has 1 fully saturated rings. The van der Waals surface area contributed by atoms with E-state index < -0.39 is 0 Å². The van der Waals surface area contributed by atoms with Crippen LogP contribution in [0.4, 0.5) is 0 Å². The Morgan fingerprint density at radius 2 is 2.07 bits per heavy atom. The molecule has 0 saturated carbocycles. The molecule has 1 saturated heterocycles. The van der Waals surface area contributed by atoms with E-state index in [0.29, 0.717) is 45.7 Å². The van der Waals surface area contributed by atoms with Gasteiger partial charge in [-0.3, -0.25) is 4.79 Å². The lowest BCUT2D eigenvalue weighted by molar-refractivity contribution is -0.146. The van der Waals surface area contributed by atoms with Gasteiger partial charge in [-0.2, -0.15) is 0 Å². The lowest BCUT2D eigenvalue weighted by Crippen LogP contribution is -2.52. The summed E-state index contributed by atoms with van der Waals surface area (Å²) >= 11 is 0. The van der Waals surface area contributed by atoms with Gasteiger partial charge in [-0.1, -0.05) is 10.4 Å². The van der Waals surface area contributed by atoms with Crippen molar-refractivity contribution in [3.8, 4) is 0 Å². The summed E-state index contributed by atoms with van der Waals surface area (Å²) in [7, 11) is 1.65. The van der Waals surface area contributed by atoms with Crippen molar-refractivity contribution in [3.63, 3.8) is 0 Å². The molecule has 0 atom stereocenters. The summed E-state index contributed by atoms with van der Waals surface area (Å²) in [6, 6.07) is 0. The summed E-state index contributed by atoms with van der Waals surface area (Å²) in [5.74, 6) is 0.976. The van der Waals surface area contributed by atoms with E-state index in [0.717, 1.165) is 41.2 Å². The van der Waals surface area contributed by atoms with E-state index in [1.165, 1.54) is 0 Å². The Balaban J connectivity index is 1.32. The standard InChI is InChI=1S/C19H27N5O4/c1-13-15(14(2)28-21-13)4-5-18(25)23-8-6-19(7-9-23)12-24-17(11-27-19)16(10-26-3)20-22-24/h4-12H2,1-3H3. The number of likely N-dealkylation sites (tertiary alicyclic amines) is 1. The second kappa shape index (κ2) is 7.63. The molecule has 0 aromatic carbocycles. The minimum absolute atomic E-state index is 0.175. The smallest absolute Gasteiger partial charge is 0.222 e. The highest BCUT2D eigenvalue weighted by atomic mass is 16.5. The van der Waals surface area contributed by atoms with Crippen LogP contribution in [0.1, 0.15) is 47.7 Å². The Morgan fingerprint density at radius 3 is 2.75 bits per heavy atom. The van der Waals surface area contributed by atoms with Crippen molar-refractivity contribution in [2.24, 2.45) is 0 Å². The summed E-state index contributed by atoms with van der Waals surface area (Å²) in [6.45, 7) is 6.83. The molecule has 0 unspecified atom stereocenters. The molecule has 2 aliphatic rings. The third kappa shape index (κ3) is 3.56. The highest BCUT2D eigenvalue weighted by Crippen LogP contribution is 2.33. The summed E-state index contributed by atoms with van der Waals surface area (Å²) in [5.41, 5.74) is 3.48. The van der Waals surface area contributed by atoms with Crippen molar-refractivity contribution in [2.75, 3.05) is 20.2 Å². The third-order valence-corrected chi connectivity index (χ3v) is 5.95. The van der Waals surface area contributed by atoms with E-state index in [-0.39, 0.29) is 11.5 Å². The predicted octanol–water partition coefficient (Wildman–Crippen LogP) is 1.55. The van der Waals surface area contributed by atoms with E-state index in [1.807, 2.05) is 23.4 Å². The van der Waals surface area contributed by atoms with Gasteiger partial charge in [-0.05, 0) is 33.1 Å². The molecule has 4 heterocycles. The topological polar surface area (TPSA) is 95.5 Å². The molecule has 0 N–H and O–H groups in total. The van der Waals surface area contributed by atoms with E-state index in [9.17, 15) is 4.79 Å². The number of piperidine rings is 1. The first-order valence-corrected chi connectivity index (χ1v) is 9.75. The Labute approximate surface area is 163 Å². The second-order valence-electron chi connectivity index (χ2n) is 7.73. The molecule has 9 heteroatoms. The molecule has 0 bridgehead atoms. The Hall–Kier alpha value is -2.26. The number of fused-ring (bicyclic) bond motifs is 1. The number of amides is 1. The van der Waals surface area contributed by atoms with Crippen LogP contribution >= 0.6 is 0 Å². The first-order valence-electron chi connectivity index (χ1n) is 9.75. The molecule has 9 nitrogen and oxygen atoms in total. The molecule has 2 aliphatic heterocycles. The highest BCUT2D eigenvalue weighted by Gasteiger charge is 2.41. The van der Waals surface area contributed by atoms with Gasteiger partial charge in [0.15, 0.2) is 0 Å². The molecule has 28 heavy (non-hydrogen) atoms. The van der Waals surface area contributed by atoms with Crippen LogP contribution in [-0.2, 0) is 40.4 Å². The van der Waals surface area contributed by atoms with E-state index in [2.05, 4.69) is 15.5 Å². The molecule has 1 amide bonds. The zero-order valence-corrected chi connectivity index (χ0v) is 16.7. The van der Waals surface area contributed by atoms with Crippen LogP contribution in [0.3, 0.4) is 0 Å². The molecule has 2 aromatic rings. The molecule has 1 spiro atoms. The number of nitrogens with zero attached hydrogens (tertiary/aromatic N) is 5. The van der Waals surface area contributed by atoms with Crippen LogP contribution in [0.15, 0.2) is 4.52 Å². The lowest BCUT2D eigenvalue weighted by atomic mass is 9.89. The molecule has 152 valence electrons. The highest BCUT2D eigenvalue weighted by molar-refractivity contribution is 5.76. The zero-order chi connectivity index (χ0) is 19.7. The Morgan fingerprint density at radius 1 is 1.29 bits per heavy atom. The maximum absolute atomic E-state index is 12.7. The maximum atomic E-state index is 12.7. The predicted molar refractivity (Wildman–Crippen MR) is 98.4 cm³/mol. The summed E-state index contributed by atoms with van der Waals surface area (Å²) in [4.78, 5) is 14.6. The fraction of sp³-hybridized carbons (Fsp3) is 0.684. The van der Waals surface area contributed by atoms with Gasteiger partial charge in [0.05, 0.1) is 36.7 Å². The monoisotopic (exact) mass is 389 g/mol. The van der Waals surface area contributed by atoms with Crippen molar-refractivity contribution in [2.45, 2.75) is 64.9 Å². The number of carbonyl (C=O) groups excluding carboxylic acids is 1. The maximum Gasteiger partial charge on any atom is 0.222 e. The number of hydrogen-bond acceptors (Lipinski definition) is 7. The van der Waals surface area contributed by atoms with Crippen LogP contribution in [0, 0.1) is 13.8 Å². The lowest BCUT2D eigenvalue weighted by Gasteiger charge is -2.43. The molecule has 4 rings (SSSR count). The fourth-order valence-corrected chi connectivity index (χ4v) is 4.16. The van der Waals surface area contributed by atoms with Gasteiger partial charge in [0.1, 0.15) is 11.5 Å². The minimum atomic E-state index is -0.260. The summed E-state index contributed by atoms with van der Waals surface area (Å²) in [5, 5.41) is 12.4. The molecule has 0 aliphatic carbocycles. The number of aromatic nitrogens is 4. The molecule has 0 radical (unpaired) electrons. The normalized spacial score (nSPS) is 18.5. The van der Waals surface area contributed by atoms with Gasteiger partial charge in [0.25, 0.3) is 0 Å². The van der Waals surface area contributed by atoms with Crippen molar-refractivity contribution >= 4 is 5.91 Å². The van der Waals surface area contributed by atoms with Gasteiger partial charge in [0, 0.05) is 32.2 Å². The largest absolute Gasteiger partial charge is 0.378 e. The van der Waals surface area contributed by atoms with Gasteiger partial charge in [0.2, 0.25) is 5.91 Å². The van der Waals surface area contributed by atoms with Crippen molar-refractivity contribution in [3.05, 3.63) is 28.4 Å². The van der Waals surface area contributed by atoms with Crippen LogP contribution in [0.5, 0.6) is 0 Å².